The highest BCUT2D eigenvalue weighted by Gasteiger charge is 2.09. The van der Waals surface area contributed by atoms with Gasteiger partial charge in [0.1, 0.15) is 0 Å². The van der Waals surface area contributed by atoms with Crippen LogP contribution in [0.1, 0.15) is 20.9 Å². The maximum Gasteiger partial charge on any atom is 0.0919 e. The van der Waals surface area contributed by atoms with E-state index < -0.39 is 0 Å². The SMILES string of the molecule is N#CC=C(c1ccc(C(=CC#N)c2cccs2)cc1)c1cccs1. The van der Waals surface area contributed by atoms with Crippen LogP contribution in [0.4, 0.5) is 0 Å². The zero-order chi connectivity index (χ0) is 16.8. The Hall–Kier alpha value is -2.92. The summed E-state index contributed by atoms with van der Waals surface area (Å²) in [5, 5.41) is 22.1. The normalized spacial score (nSPS) is 11.8. The molecule has 0 radical (unpaired) electrons. The molecule has 2 aromatic heterocycles. The molecule has 0 fully saturated rings. The number of thiophene rings is 2. The molecule has 0 amide bonds. The second kappa shape index (κ2) is 7.57. The molecule has 0 N–H and O–H groups in total. The van der Waals surface area contributed by atoms with Crippen molar-refractivity contribution in [1.82, 2.24) is 0 Å². The van der Waals surface area contributed by atoms with E-state index >= 15 is 0 Å². The molecular formula is C20H12N2S2. The lowest BCUT2D eigenvalue weighted by molar-refractivity contribution is 1.51. The number of hydrogen-bond acceptors (Lipinski definition) is 4. The molecule has 0 aliphatic heterocycles. The number of rotatable bonds is 4. The van der Waals surface area contributed by atoms with E-state index in [1.807, 2.05) is 59.3 Å². The standard InChI is InChI=1S/C20H12N2S2/c21-11-9-17(19-3-1-13-23-19)15-5-7-16(8-6-15)18(10-12-22)20-4-2-14-24-20/h1-10,13-14H. The minimum atomic E-state index is 0.918. The van der Waals surface area contributed by atoms with Crippen LogP contribution in [-0.4, -0.2) is 0 Å². The maximum atomic E-state index is 9.07. The van der Waals surface area contributed by atoms with Gasteiger partial charge in [0.15, 0.2) is 0 Å². The molecule has 0 unspecified atom stereocenters. The van der Waals surface area contributed by atoms with Gasteiger partial charge in [-0.15, -0.1) is 22.7 Å². The van der Waals surface area contributed by atoms with Crippen LogP contribution in [0.3, 0.4) is 0 Å². The quantitative estimate of drug-likeness (QED) is 0.568. The minimum Gasteiger partial charge on any atom is -0.193 e. The summed E-state index contributed by atoms with van der Waals surface area (Å²) in [5.41, 5.74) is 3.82. The average molecular weight is 344 g/mol. The first-order valence-electron chi connectivity index (χ1n) is 7.21. The van der Waals surface area contributed by atoms with Crippen molar-refractivity contribution in [2.24, 2.45) is 0 Å². The van der Waals surface area contributed by atoms with Gasteiger partial charge in [-0.05, 0) is 34.0 Å². The fraction of sp³-hybridized carbons (Fsp3) is 0. The lowest BCUT2D eigenvalue weighted by Gasteiger charge is -2.08. The molecule has 0 bridgehead atoms. The molecule has 4 heteroatoms. The molecule has 0 atom stereocenters. The first kappa shape index (κ1) is 16.0. The van der Waals surface area contributed by atoms with Crippen LogP contribution in [0.25, 0.3) is 11.1 Å². The lowest BCUT2D eigenvalue weighted by Crippen LogP contribution is -1.88. The van der Waals surface area contributed by atoms with Gasteiger partial charge in [0, 0.05) is 33.1 Å². The number of allylic oxidation sites excluding steroid dienone is 2. The predicted molar refractivity (Wildman–Crippen MR) is 100 cm³/mol. The van der Waals surface area contributed by atoms with Gasteiger partial charge >= 0.3 is 0 Å². The molecule has 0 spiro atoms. The Morgan fingerprint density at radius 1 is 0.708 bits per heavy atom. The van der Waals surface area contributed by atoms with Crippen molar-refractivity contribution >= 4 is 33.8 Å². The molecule has 0 saturated carbocycles. The summed E-state index contributed by atoms with van der Waals surface area (Å²) in [6.45, 7) is 0. The molecule has 114 valence electrons. The summed E-state index contributed by atoms with van der Waals surface area (Å²) >= 11 is 3.22. The van der Waals surface area contributed by atoms with Crippen LogP contribution < -0.4 is 0 Å². The minimum absolute atomic E-state index is 0.918. The zero-order valence-corrected chi connectivity index (χ0v) is 14.3. The smallest absolute Gasteiger partial charge is 0.0919 e. The Bertz CT molecular complexity index is 865. The van der Waals surface area contributed by atoms with Crippen LogP contribution in [-0.2, 0) is 0 Å². The van der Waals surface area contributed by atoms with E-state index in [1.165, 1.54) is 0 Å². The van der Waals surface area contributed by atoms with E-state index in [-0.39, 0.29) is 0 Å². The molecule has 1 aromatic carbocycles. The van der Waals surface area contributed by atoms with Gasteiger partial charge in [0.05, 0.1) is 12.1 Å². The fourth-order valence-electron chi connectivity index (χ4n) is 2.42. The number of hydrogen-bond donors (Lipinski definition) is 0. The molecule has 3 rings (SSSR count). The Kier molecular flexibility index (Phi) is 5.03. The Balaban J connectivity index is 1.99. The van der Waals surface area contributed by atoms with Crippen molar-refractivity contribution in [3.8, 4) is 12.1 Å². The Morgan fingerprint density at radius 2 is 1.12 bits per heavy atom. The van der Waals surface area contributed by atoms with E-state index in [0.29, 0.717) is 0 Å². The molecule has 24 heavy (non-hydrogen) atoms. The molecule has 3 aromatic rings. The third kappa shape index (κ3) is 3.36. The van der Waals surface area contributed by atoms with Crippen molar-refractivity contribution in [2.45, 2.75) is 0 Å². The van der Waals surface area contributed by atoms with Crippen LogP contribution in [0.5, 0.6) is 0 Å². The second-order valence-corrected chi connectivity index (χ2v) is 6.80. The third-order valence-electron chi connectivity index (χ3n) is 3.50. The number of nitriles is 2. The van der Waals surface area contributed by atoms with E-state index in [1.54, 1.807) is 34.8 Å². The van der Waals surface area contributed by atoms with Gasteiger partial charge in [0.2, 0.25) is 0 Å². The Labute approximate surface area is 148 Å². The van der Waals surface area contributed by atoms with Crippen LogP contribution in [0.15, 0.2) is 71.4 Å². The highest BCUT2D eigenvalue weighted by Crippen LogP contribution is 2.31. The summed E-state index contributed by atoms with van der Waals surface area (Å²) in [4.78, 5) is 2.13. The summed E-state index contributed by atoms with van der Waals surface area (Å²) in [6.07, 6.45) is 3.15. The van der Waals surface area contributed by atoms with Gasteiger partial charge in [-0.3, -0.25) is 0 Å². The fourth-order valence-corrected chi connectivity index (χ4v) is 3.94. The summed E-state index contributed by atoms with van der Waals surface area (Å²) in [7, 11) is 0. The first-order chi connectivity index (χ1) is 11.8. The van der Waals surface area contributed by atoms with Crippen molar-refractivity contribution in [2.75, 3.05) is 0 Å². The van der Waals surface area contributed by atoms with Gasteiger partial charge in [-0.25, -0.2) is 0 Å². The van der Waals surface area contributed by atoms with Crippen molar-refractivity contribution < 1.29 is 0 Å². The molecule has 0 aliphatic rings. The van der Waals surface area contributed by atoms with Crippen LogP contribution in [0.2, 0.25) is 0 Å². The summed E-state index contributed by atoms with van der Waals surface area (Å²) in [5.74, 6) is 0. The average Bonchev–Trinajstić information content (AvgIpc) is 3.31. The topological polar surface area (TPSA) is 47.6 Å². The second-order valence-electron chi connectivity index (χ2n) is 4.91. The first-order valence-corrected chi connectivity index (χ1v) is 8.97. The number of nitrogens with zero attached hydrogens (tertiary/aromatic N) is 2. The van der Waals surface area contributed by atoms with Crippen molar-refractivity contribution in [3.63, 3.8) is 0 Å². The van der Waals surface area contributed by atoms with Crippen LogP contribution >= 0.6 is 22.7 Å². The predicted octanol–water partition coefficient (Wildman–Crippen LogP) is 5.72. The largest absolute Gasteiger partial charge is 0.193 e. The molecule has 2 heterocycles. The monoisotopic (exact) mass is 344 g/mol. The highest BCUT2D eigenvalue weighted by molar-refractivity contribution is 7.11. The molecule has 2 nitrogen and oxygen atoms in total. The van der Waals surface area contributed by atoms with Gasteiger partial charge < -0.3 is 0 Å². The van der Waals surface area contributed by atoms with Gasteiger partial charge in [-0.2, -0.15) is 10.5 Å². The van der Waals surface area contributed by atoms with Crippen LogP contribution in [0, 0.1) is 22.7 Å². The van der Waals surface area contributed by atoms with Gasteiger partial charge in [-0.1, -0.05) is 36.4 Å². The number of benzene rings is 1. The zero-order valence-electron chi connectivity index (χ0n) is 12.6. The molecule has 0 aliphatic carbocycles. The summed E-state index contributed by atoms with van der Waals surface area (Å²) < 4.78 is 0. The van der Waals surface area contributed by atoms with E-state index in [4.69, 9.17) is 10.5 Å². The maximum absolute atomic E-state index is 9.07. The molecular weight excluding hydrogens is 332 g/mol. The Morgan fingerprint density at radius 3 is 1.42 bits per heavy atom. The molecule has 0 saturated heterocycles. The van der Waals surface area contributed by atoms with Crippen molar-refractivity contribution in [1.29, 1.82) is 10.5 Å². The highest BCUT2D eigenvalue weighted by atomic mass is 32.1. The van der Waals surface area contributed by atoms with Crippen molar-refractivity contribution in [3.05, 3.63) is 92.3 Å². The van der Waals surface area contributed by atoms with E-state index in [0.717, 1.165) is 32.0 Å². The lowest BCUT2D eigenvalue weighted by atomic mass is 9.98. The van der Waals surface area contributed by atoms with E-state index in [9.17, 15) is 0 Å². The summed E-state index contributed by atoms with van der Waals surface area (Å²) in [6, 6.07) is 20.2. The van der Waals surface area contributed by atoms with Gasteiger partial charge in [0.25, 0.3) is 0 Å². The van der Waals surface area contributed by atoms with E-state index in [2.05, 4.69) is 12.1 Å². The third-order valence-corrected chi connectivity index (χ3v) is 5.30.